The van der Waals surface area contributed by atoms with Crippen molar-refractivity contribution in [3.8, 4) is 0 Å². The van der Waals surface area contributed by atoms with Crippen LogP contribution >= 0.6 is 0 Å². The molecule has 1 aliphatic rings. The van der Waals surface area contributed by atoms with Gasteiger partial charge in [0.05, 0.1) is 0 Å². The van der Waals surface area contributed by atoms with Crippen molar-refractivity contribution in [2.45, 2.75) is 72.1 Å². The Balaban J connectivity index is 3.37. The zero-order valence-corrected chi connectivity index (χ0v) is 14.1. The highest BCUT2D eigenvalue weighted by Gasteiger charge is 2.35. The van der Waals surface area contributed by atoms with Crippen LogP contribution < -0.4 is 0 Å². The molecule has 0 amide bonds. The maximum Gasteiger partial charge on any atom is 0.343 e. The predicted molar refractivity (Wildman–Crippen MR) is 86.7 cm³/mol. The van der Waals surface area contributed by atoms with Gasteiger partial charge in [0.25, 0.3) is 0 Å². The summed E-state index contributed by atoms with van der Waals surface area (Å²) >= 11 is 0. The molecule has 2 unspecified atom stereocenters. The molecule has 2 N–H and O–H groups in total. The Bertz CT molecular complexity index is 403. The number of allylic oxidation sites excluding steroid dienone is 1. The van der Waals surface area contributed by atoms with E-state index in [2.05, 4.69) is 20.8 Å². The predicted octanol–water partition coefficient (Wildman–Crippen LogP) is 4.49. The molecule has 1 fully saturated rings. The lowest BCUT2D eigenvalue weighted by molar-refractivity contribution is -0.140. The molecule has 0 spiro atoms. The van der Waals surface area contributed by atoms with Crippen molar-refractivity contribution in [1.29, 1.82) is 0 Å². The first kappa shape index (κ1) is 18.7. The van der Waals surface area contributed by atoms with Crippen LogP contribution in [-0.4, -0.2) is 22.2 Å². The summed E-state index contributed by atoms with van der Waals surface area (Å²) < 4.78 is 0. The van der Waals surface area contributed by atoms with Crippen LogP contribution in [-0.2, 0) is 9.59 Å². The SMILES string of the molecule is CCCC(CCC)C(=C(C(=O)O)C(=O)O)C1CCCCC1C. The molecule has 0 aliphatic heterocycles. The van der Waals surface area contributed by atoms with Gasteiger partial charge in [0.15, 0.2) is 0 Å². The van der Waals surface area contributed by atoms with Gasteiger partial charge in [-0.2, -0.15) is 0 Å². The van der Waals surface area contributed by atoms with Crippen LogP contribution in [0.2, 0.25) is 0 Å². The monoisotopic (exact) mass is 310 g/mol. The van der Waals surface area contributed by atoms with Crippen LogP contribution in [0.3, 0.4) is 0 Å². The van der Waals surface area contributed by atoms with E-state index >= 15 is 0 Å². The fraction of sp³-hybridized carbons (Fsp3) is 0.778. The first-order valence-corrected chi connectivity index (χ1v) is 8.64. The molecule has 22 heavy (non-hydrogen) atoms. The molecule has 0 bridgehead atoms. The van der Waals surface area contributed by atoms with Crippen LogP contribution in [0, 0.1) is 17.8 Å². The van der Waals surface area contributed by atoms with E-state index < -0.39 is 11.9 Å². The third kappa shape index (κ3) is 4.59. The molecular weight excluding hydrogens is 280 g/mol. The third-order valence-electron chi connectivity index (χ3n) is 4.94. The van der Waals surface area contributed by atoms with Crippen molar-refractivity contribution in [3.63, 3.8) is 0 Å². The van der Waals surface area contributed by atoms with Crippen LogP contribution in [0.15, 0.2) is 11.1 Å². The average molecular weight is 310 g/mol. The number of carbonyl (C=O) groups is 2. The molecule has 0 aromatic carbocycles. The van der Waals surface area contributed by atoms with E-state index in [-0.39, 0.29) is 17.4 Å². The van der Waals surface area contributed by atoms with E-state index in [0.717, 1.165) is 56.9 Å². The maximum absolute atomic E-state index is 11.6. The Labute approximate surface area is 133 Å². The molecule has 0 aromatic rings. The van der Waals surface area contributed by atoms with Gasteiger partial charge < -0.3 is 10.2 Å². The lowest BCUT2D eigenvalue weighted by atomic mass is 9.69. The molecule has 0 aromatic heterocycles. The average Bonchev–Trinajstić information content (AvgIpc) is 2.44. The van der Waals surface area contributed by atoms with Crippen LogP contribution in [0.1, 0.15) is 72.1 Å². The second-order valence-electron chi connectivity index (χ2n) is 6.58. The summed E-state index contributed by atoms with van der Waals surface area (Å²) in [5.41, 5.74) is 0.363. The standard InChI is InChI=1S/C18H30O4/c1-4-8-13(9-5-2)15(16(17(19)20)18(21)22)14-11-7-6-10-12(14)3/h12-14H,4-11H2,1-3H3,(H,19,20)(H,21,22). The summed E-state index contributed by atoms with van der Waals surface area (Å²) in [6.07, 6.45) is 7.84. The quantitative estimate of drug-likeness (QED) is 0.393. The number of carboxylic acids is 2. The lowest BCUT2D eigenvalue weighted by Gasteiger charge is -2.35. The fourth-order valence-corrected chi connectivity index (χ4v) is 3.96. The highest BCUT2D eigenvalue weighted by atomic mass is 16.4. The normalized spacial score (nSPS) is 21.6. The smallest absolute Gasteiger partial charge is 0.343 e. The second-order valence-corrected chi connectivity index (χ2v) is 6.58. The van der Waals surface area contributed by atoms with Crippen LogP contribution in [0.5, 0.6) is 0 Å². The highest BCUT2D eigenvalue weighted by molar-refractivity contribution is 6.13. The van der Waals surface area contributed by atoms with Gasteiger partial charge in [-0.15, -0.1) is 0 Å². The summed E-state index contributed by atoms with van der Waals surface area (Å²) in [5, 5.41) is 19.0. The fourth-order valence-electron chi connectivity index (χ4n) is 3.96. The Morgan fingerprint density at radius 2 is 1.50 bits per heavy atom. The third-order valence-corrected chi connectivity index (χ3v) is 4.94. The van der Waals surface area contributed by atoms with E-state index in [4.69, 9.17) is 0 Å². The topological polar surface area (TPSA) is 74.6 Å². The van der Waals surface area contributed by atoms with Gasteiger partial charge in [-0.1, -0.05) is 52.9 Å². The van der Waals surface area contributed by atoms with Gasteiger partial charge in [0.2, 0.25) is 0 Å². The lowest BCUT2D eigenvalue weighted by Crippen LogP contribution is -2.28. The summed E-state index contributed by atoms with van der Waals surface area (Å²) in [6.45, 7) is 6.29. The molecule has 126 valence electrons. The van der Waals surface area contributed by atoms with E-state index in [9.17, 15) is 19.8 Å². The van der Waals surface area contributed by atoms with Crippen molar-refractivity contribution >= 4 is 11.9 Å². The van der Waals surface area contributed by atoms with E-state index in [1.165, 1.54) is 0 Å². The summed E-state index contributed by atoms with van der Waals surface area (Å²) in [5.74, 6) is -1.99. The molecule has 0 heterocycles. The minimum absolute atomic E-state index is 0.0859. The number of aliphatic carboxylic acids is 2. The molecular formula is C18H30O4. The second kappa shape index (κ2) is 8.96. The van der Waals surface area contributed by atoms with Gasteiger partial charge in [-0.25, -0.2) is 9.59 Å². The highest BCUT2D eigenvalue weighted by Crippen LogP contribution is 2.42. The van der Waals surface area contributed by atoms with E-state index in [0.29, 0.717) is 5.92 Å². The van der Waals surface area contributed by atoms with Gasteiger partial charge >= 0.3 is 11.9 Å². The summed E-state index contributed by atoms with van der Waals surface area (Å²) in [7, 11) is 0. The minimum Gasteiger partial charge on any atom is -0.477 e. The molecule has 1 rings (SSSR count). The molecule has 0 radical (unpaired) electrons. The van der Waals surface area contributed by atoms with Crippen molar-refractivity contribution in [3.05, 3.63) is 11.1 Å². The zero-order valence-electron chi connectivity index (χ0n) is 14.1. The van der Waals surface area contributed by atoms with Crippen molar-refractivity contribution in [1.82, 2.24) is 0 Å². The molecule has 1 saturated carbocycles. The van der Waals surface area contributed by atoms with Gasteiger partial charge in [0, 0.05) is 0 Å². The largest absolute Gasteiger partial charge is 0.477 e. The number of hydrogen-bond donors (Lipinski definition) is 2. The van der Waals surface area contributed by atoms with E-state index in [1.807, 2.05) is 0 Å². The molecule has 0 saturated heterocycles. The van der Waals surface area contributed by atoms with Crippen LogP contribution in [0.25, 0.3) is 0 Å². The number of rotatable bonds is 8. The Hall–Kier alpha value is -1.32. The first-order valence-electron chi connectivity index (χ1n) is 8.64. The molecule has 4 nitrogen and oxygen atoms in total. The van der Waals surface area contributed by atoms with Crippen molar-refractivity contribution in [2.24, 2.45) is 17.8 Å². The Morgan fingerprint density at radius 1 is 1.00 bits per heavy atom. The summed E-state index contributed by atoms with van der Waals surface area (Å²) in [6, 6.07) is 0. The molecule has 2 atom stereocenters. The van der Waals surface area contributed by atoms with Gasteiger partial charge in [0.1, 0.15) is 5.57 Å². The van der Waals surface area contributed by atoms with Crippen LogP contribution in [0.4, 0.5) is 0 Å². The first-order chi connectivity index (χ1) is 10.4. The zero-order chi connectivity index (χ0) is 16.7. The van der Waals surface area contributed by atoms with Gasteiger partial charge in [-0.3, -0.25) is 0 Å². The number of hydrogen-bond acceptors (Lipinski definition) is 2. The van der Waals surface area contributed by atoms with Crippen molar-refractivity contribution in [2.75, 3.05) is 0 Å². The van der Waals surface area contributed by atoms with Gasteiger partial charge in [-0.05, 0) is 42.6 Å². The summed E-state index contributed by atoms with van der Waals surface area (Å²) in [4.78, 5) is 23.2. The number of carboxylic acid groups (broad SMARTS) is 2. The molecule has 1 aliphatic carbocycles. The minimum atomic E-state index is -1.28. The van der Waals surface area contributed by atoms with Crippen molar-refractivity contribution < 1.29 is 19.8 Å². The molecule has 4 heteroatoms. The van der Waals surface area contributed by atoms with E-state index in [1.54, 1.807) is 0 Å². The Kier molecular flexibility index (Phi) is 7.63. The Morgan fingerprint density at radius 3 is 1.91 bits per heavy atom. The maximum atomic E-state index is 11.6.